The summed E-state index contributed by atoms with van der Waals surface area (Å²) in [5.41, 5.74) is 3.19. The molecule has 0 saturated carbocycles. The van der Waals surface area contributed by atoms with Crippen LogP contribution < -0.4 is 10.2 Å². The largest absolute Gasteiger partial charge is 0.369 e. The molecule has 2 aromatic carbocycles. The second-order valence-electron chi connectivity index (χ2n) is 7.25. The topological polar surface area (TPSA) is 52.7 Å². The minimum absolute atomic E-state index is 0.0887. The Morgan fingerprint density at radius 3 is 2.31 bits per heavy atom. The third-order valence-corrected chi connectivity index (χ3v) is 6.09. The summed E-state index contributed by atoms with van der Waals surface area (Å²) in [5.74, 6) is 2.09. The van der Waals surface area contributed by atoms with E-state index < -0.39 is 0 Å². The van der Waals surface area contributed by atoms with Gasteiger partial charge in [-0.05, 0) is 36.8 Å². The number of hydrogen-bond acceptors (Lipinski definition) is 5. The van der Waals surface area contributed by atoms with Crippen LogP contribution in [0.1, 0.15) is 22.8 Å². The Hall–Kier alpha value is -2.31. The van der Waals surface area contributed by atoms with Crippen molar-refractivity contribution in [3.8, 4) is 0 Å². The number of carbonyl (C=O) groups excluding carboxylic acids is 2. The van der Waals surface area contributed by atoms with Crippen LogP contribution in [-0.2, 0) is 10.5 Å². The Morgan fingerprint density at radius 1 is 0.966 bits per heavy atom. The third-order valence-electron chi connectivity index (χ3n) is 5.06. The molecule has 0 aliphatic carbocycles. The second-order valence-corrected chi connectivity index (χ2v) is 8.36. The van der Waals surface area contributed by atoms with E-state index in [1.165, 1.54) is 5.56 Å². The first-order chi connectivity index (χ1) is 14.1. The maximum atomic E-state index is 12.2. The standard InChI is InChI=1S/C23H29N3O2S/c1-19(27)21-7-9-22(10-8-21)26-14-12-25(13-15-26)17-23(28)24-11-16-29-18-20-5-3-2-4-6-20/h2-10H,11-18H2,1H3,(H,24,28). The van der Waals surface area contributed by atoms with Gasteiger partial charge in [-0.2, -0.15) is 11.8 Å². The minimum Gasteiger partial charge on any atom is -0.369 e. The number of nitrogens with zero attached hydrogens (tertiary/aromatic N) is 2. The van der Waals surface area contributed by atoms with Crippen molar-refractivity contribution in [3.05, 3.63) is 65.7 Å². The summed E-state index contributed by atoms with van der Waals surface area (Å²) in [4.78, 5) is 28.1. The lowest BCUT2D eigenvalue weighted by Crippen LogP contribution is -2.49. The number of anilines is 1. The highest BCUT2D eigenvalue weighted by molar-refractivity contribution is 7.98. The van der Waals surface area contributed by atoms with Gasteiger partial charge in [-0.15, -0.1) is 0 Å². The van der Waals surface area contributed by atoms with Gasteiger partial charge in [-0.1, -0.05) is 30.3 Å². The second kappa shape index (κ2) is 11.0. The van der Waals surface area contributed by atoms with E-state index in [1.807, 2.05) is 42.1 Å². The van der Waals surface area contributed by atoms with Crippen molar-refractivity contribution in [2.45, 2.75) is 12.7 Å². The first-order valence-electron chi connectivity index (χ1n) is 10.1. The predicted octanol–water partition coefficient (Wildman–Crippen LogP) is 3.06. The molecule has 0 bridgehead atoms. The van der Waals surface area contributed by atoms with Gasteiger partial charge >= 0.3 is 0 Å². The molecule has 1 amide bonds. The number of amides is 1. The molecule has 0 radical (unpaired) electrons. The van der Waals surface area contributed by atoms with E-state index in [0.717, 1.165) is 48.9 Å². The van der Waals surface area contributed by atoms with E-state index >= 15 is 0 Å². The van der Waals surface area contributed by atoms with Crippen molar-refractivity contribution in [1.29, 1.82) is 0 Å². The van der Waals surface area contributed by atoms with Crippen LogP contribution in [0, 0.1) is 0 Å². The maximum Gasteiger partial charge on any atom is 0.234 e. The van der Waals surface area contributed by atoms with Gasteiger partial charge in [0.1, 0.15) is 0 Å². The van der Waals surface area contributed by atoms with E-state index in [2.05, 4.69) is 39.4 Å². The molecule has 6 heteroatoms. The quantitative estimate of drug-likeness (QED) is 0.508. The lowest BCUT2D eigenvalue weighted by molar-refractivity contribution is -0.122. The molecule has 29 heavy (non-hydrogen) atoms. The van der Waals surface area contributed by atoms with E-state index in [9.17, 15) is 9.59 Å². The predicted molar refractivity (Wildman–Crippen MR) is 121 cm³/mol. The number of rotatable bonds is 9. The van der Waals surface area contributed by atoms with E-state index in [4.69, 9.17) is 0 Å². The van der Waals surface area contributed by atoms with Crippen molar-refractivity contribution >= 4 is 29.1 Å². The zero-order valence-electron chi connectivity index (χ0n) is 17.0. The zero-order chi connectivity index (χ0) is 20.5. The summed E-state index contributed by atoms with van der Waals surface area (Å²) in [6, 6.07) is 18.2. The number of piperazine rings is 1. The molecule has 2 aromatic rings. The van der Waals surface area contributed by atoms with E-state index in [1.54, 1.807) is 6.92 Å². The minimum atomic E-state index is 0.0887. The van der Waals surface area contributed by atoms with Crippen molar-refractivity contribution in [1.82, 2.24) is 10.2 Å². The summed E-state index contributed by atoms with van der Waals surface area (Å²) < 4.78 is 0. The van der Waals surface area contributed by atoms with Crippen LogP contribution in [0.5, 0.6) is 0 Å². The van der Waals surface area contributed by atoms with Gasteiger partial charge in [0, 0.05) is 55.5 Å². The molecular weight excluding hydrogens is 382 g/mol. The lowest BCUT2D eigenvalue weighted by Gasteiger charge is -2.35. The van der Waals surface area contributed by atoms with Crippen LogP contribution in [0.2, 0.25) is 0 Å². The summed E-state index contributed by atoms with van der Waals surface area (Å²) in [6.45, 7) is 6.26. The Balaban J connectivity index is 1.30. The molecular formula is C23H29N3O2S. The Morgan fingerprint density at radius 2 is 1.66 bits per heavy atom. The van der Waals surface area contributed by atoms with Gasteiger partial charge in [-0.3, -0.25) is 14.5 Å². The number of ketones is 1. The average molecular weight is 412 g/mol. The van der Waals surface area contributed by atoms with Gasteiger partial charge in [0.15, 0.2) is 5.78 Å². The number of benzene rings is 2. The van der Waals surface area contributed by atoms with Crippen molar-refractivity contribution < 1.29 is 9.59 Å². The maximum absolute atomic E-state index is 12.2. The monoisotopic (exact) mass is 411 g/mol. The number of nitrogens with one attached hydrogen (secondary N) is 1. The molecule has 3 rings (SSSR count). The van der Waals surface area contributed by atoms with Crippen molar-refractivity contribution in [3.63, 3.8) is 0 Å². The van der Waals surface area contributed by atoms with Crippen molar-refractivity contribution in [2.24, 2.45) is 0 Å². The van der Waals surface area contributed by atoms with Crippen LogP contribution in [0.3, 0.4) is 0 Å². The van der Waals surface area contributed by atoms with Gasteiger partial charge in [0.2, 0.25) is 5.91 Å². The fourth-order valence-electron chi connectivity index (χ4n) is 3.36. The zero-order valence-corrected chi connectivity index (χ0v) is 17.8. The summed E-state index contributed by atoms with van der Waals surface area (Å²) in [7, 11) is 0. The molecule has 0 atom stereocenters. The van der Waals surface area contributed by atoms with E-state index in [-0.39, 0.29) is 11.7 Å². The van der Waals surface area contributed by atoms with Gasteiger partial charge in [0.05, 0.1) is 6.54 Å². The number of thioether (sulfide) groups is 1. The molecule has 1 aliphatic rings. The first kappa shape index (κ1) is 21.4. The fourth-order valence-corrected chi connectivity index (χ4v) is 4.18. The average Bonchev–Trinajstić information content (AvgIpc) is 2.75. The van der Waals surface area contributed by atoms with E-state index in [0.29, 0.717) is 13.1 Å². The molecule has 0 unspecified atom stereocenters. The normalized spacial score (nSPS) is 14.6. The molecule has 1 heterocycles. The number of carbonyl (C=O) groups is 2. The molecule has 5 nitrogen and oxygen atoms in total. The molecule has 1 saturated heterocycles. The van der Waals surface area contributed by atoms with Crippen LogP contribution in [0.4, 0.5) is 5.69 Å². The molecule has 0 aromatic heterocycles. The van der Waals surface area contributed by atoms with Crippen LogP contribution >= 0.6 is 11.8 Å². The fraction of sp³-hybridized carbons (Fsp3) is 0.391. The summed E-state index contributed by atoms with van der Waals surface area (Å²) in [5, 5.41) is 3.03. The highest BCUT2D eigenvalue weighted by atomic mass is 32.2. The van der Waals surface area contributed by atoms with Gasteiger partial charge < -0.3 is 10.2 Å². The van der Waals surface area contributed by atoms with Crippen LogP contribution in [0.25, 0.3) is 0 Å². The third kappa shape index (κ3) is 6.91. The Labute approximate surface area is 177 Å². The van der Waals surface area contributed by atoms with Crippen LogP contribution in [-0.4, -0.2) is 61.6 Å². The van der Waals surface area contributed by atoms with Crippen LogP contribution in [0.15, 0.2) is 54.6 Å². The first-order valence-corrected chi connectivity index (χ1v) is 11.2. The number of Topliss-reactive ketones (excluding diaryl/α,β-unsaturated/α-hetero) is 1. The van der Waals surface area contributed by atoms with Gasteiger partial charge in [-0.25, -0.2) is 0 Å². The Kier molecular flexibility index (Phi) is 8.14. The molecule has 0 spiro atoms. The molecule has 1 aliphatic heterocycles. The molecule has 154 valence electrons. The Bertz CT molecular complexity index is 788. The smallest absolute Gasteiger partial charge is 0.234 e. The molecule has 1 fully saturated rings. The van der Waals surface area contributed by atoms with Gasteiger partial charge in [0.25, 0.3) is 0 Å². The number of hydrogen-bond donors (Lipinski definition) is 1. The summed E-state index contributed by atoms with van der Waals surface area (Å²) >= 11 is 1.84. The summed E-state index contributed by atoms with van der Waals surface area (Å²) in [6.07, 6.45) is 0. The molecule has 1 N–H and O–H groups in total. The SMILES string of the molecule is CC(=O)c1ccc(N2CCN(CC(=O)NCCSCc3ccccc3)CC2)cc1. The lowest BCUT2D eigenvalue weighted by atomic mass is 10.1. The van der Waals surface area contributed by atoms with Crippen molar-refractivity contribution in [2.75, 3.05) is 49.9 Å². The highest BCUT2D eigenvalue weighted by Crippen LogP contribution is 2.17. The highest BCUT2D eigenvalue weighted by Gasteiger charge is 2.19.